The Kier molecular flexibility index (Phi) is 4.97. The van der Waals surface area contributed by atoms with E-state index in [1.165, 1.54) is 5.56 Å². The van der Waals surface area contributed by atoms with Crippen molar-refractivity contribution in [3.63, 3.8) is 0 Å². The molecule has 0 amide bonds. The molecular formula is C18H24N2O. The number of pyridine rings is 1. The molecule has 0 spiro atoms. The summed E-state index contributed by atoms with van der Waals surface area (Å²) in [5.74, 6) is 0.578. The molecule has 0 bridgehead atoms. The van der Waals surface area contributed by atoms with Crippen LogP contribution in [0, 0.1) is 19.8 Å². The highest BCUT2D eigenvalue weighted by atomic mass is 16.1. The smallest absolute Gasteiger partial charge is 0.186 e. The molecule has 0 aliphatic rings. The number of rotatable bonds is 5. The van der Waals surface area contributed by atoms with Crippen molar-refractivity contribution in [3.05, 3.63) is 63.6 Å². The molecule has 0 radical (unpaired) electrons. The molecule has 0 unspecified atom stereocenters. The van der Waals surface area contributed by atoms with Crippen LogP contribution in [0.3, 0.4) is 0 Å². The quantitative estimate of drug-likeness (QED) is 0.915. The first-order valence-electron chi connectivity index (χ1n) is 7.47. The summed E-state index contributed by atoms with van der Waals surface area (Å²) < 4.78 is 2.08. The lowest BCUT2D eigenvalue weighted by Crippen LogP contribution is -2.24. The van der Waals surface area contributed by atoms with Crippen LogP contribution in [0.1, 0.15) is 30.7 Å². The molecule has 0 saturated heterocycles. The van der Waals surface area contributed by atoms with Gasteiger partial charge in [0, 0.05) is 35.8 Å². The molecule has 3 nitrogen and oxygen atoms in total. The maximum absolute atomic E-state index is 12.1. The molecule has 21 heavy (non-hydrogen) atoms. The number of nitrogens with one attached hydrogen (secondary N) is 1. The summed E-state index contributed by atoms with van der Waals surface area (Å²) in [6.45, 7) is 9.89. The first-order valence-corrected chi connectivity index (χ1v) is 7.47. The van der Waals surface area contributed by atoms with E-state index in [1.807, 2.05) is 19.2 Å². The summed E-state index contributed by atoms with van der Waals surface area (Å²) in [6, 6.07) is 10.0. The summed E-state index contributed by atoms with van der Waals surface area (Å²) in [5.41, 5.74) is 4.18. The van der Waals surface area contributed by atoms with Gasteiger partial charge in [-0.3, -0.25) is 4.79 Å². The van der Waals surface area contributed by atoms with Crippen LogP contribution in [-0.4, -0.2) is 11.1 Å². The number of aromatic nitrogens is 1. The van der Waals surface area contributed by atoms with Gasteiger partial charge in [-0.1, -0.05) is 26.0 Å². The molecule has 1 aromatic carbocycles. The maximum atomic E-state index is 12.1. The molecule has 0 aliphatic carbocycles. The van der Waals surface area contributed by atoms with E-state index in [9.17, 15) is 4.79 Å². The first kappa shape index (κ1) is 15.5. The summed E-state index contributed by atoms with van der Waals surface area (Å²) in [5, 5.41) is 3.34. The average Bonchev–Trinajstić information content (AvgIpc) is 2.40. The van der Waals surface area contributed by atoms with E-state index < -0.39 is 0 Å². The Morgan fingerprint density at radius 2 is 1.95 bits per heavy atom. The lowest BCUT2D eigenvalue weighted by atomic mass is 10.1. The molecule has 1 heterocycles. The third-order valence-electron chi connectivity index (χ3n) is 3.47. The van der Waals surface area contributed by atoms with Crippen LogP contribution in [0.5, 0.6) is 0 Å². The summed E-state index contributed by atoms with van der Waals surface area (Å²) >= 11 is 0. The Morgan fingerprint density at radius 3 is 2.62 bits per heavy atom. The van der Waals surface area contributed by atoms with E-state index in [4.69, 9.17) is 0 Å². The highest BCUT2D eigenvalue weighted by Crippen LogP contribution is 2.12. The Bertz CT molecular complexity index is 671. The van der Waals surface area contributed by atoms with Gasteiger partial charge in [-0.25, -0.2) is 0 Å². The zero-order valence-electron chi connectivity index (χ0n) is 13.3. The normalized spacial score (nSPS) is 11.1. The van der Waals surface area contributed by atoms with Crippen LogP contribution in [0.2, 0.25) is 0 Å². The van der Waals surface area contributed by atoms with Gasteiger partial charge in [0.2, 0.25) is 0 Å². The standard InChI is InChI=1S/C18H24N2O/c1-13(2)10-19-11-16-12-20(15(4)9-18(16)21)17-7-5-6-14(3)8-17/h5-9,12-13,19H,10-11H2,1-4H3. The minimum absolute atomic E-state index is 0.104. The molecule has 3 heteroatoms. The van der Waals surface area contributed by atoms with E-state index in [2.05, 4.69) is 48.9 Å². The minimum atomic E-state index is 0.104. The highest BCUT2D eigenvalue weighted by molar-refractivity contribution is 5.38. The predicted molar refractivity (Wildman–Crippen MR) is 88.1 cm³/mol. The van der Waals surface area contributed by atoms with Gasteiger partial charge < -0.3 is 9.88 Å². The van der Waals surface area contributed by atoms with Crippen molar-refractivity contribution in [1.82, 2.24) is 9.88 Å². The lowest BCUT2D eigenvalue weighted by Gasteiger charge is -2.14. The fourth-order valence-corrected chi connectivity index (χ4v) is 2.36. The second-order valence-corrected chi connectivity index (χ2v) is 6.04. The van der Waals surface area contributed by atoms with Gasteiger partial charge in [0.05, 0.1) is 0 Å². The van der Waals surface area contributed by atoms with Crippen LogP contribution in [0.25, 0.3) is 5.69 Å². The van der Waals surface area contributed by atoms with Crippen LogP contribution in [0.4, 0.5) is 0 Å². The number of nitrogens with zero attached hydrogens (tertiary/aromatic N) is 1. The summed E-state index contributed by atoms with van der Waals surface area (Å²) in [4.78, 5) is 12.1. The SMILES string of the molecule is Cc1cccc(-n2cc(CNCC(C)C)c(=O)cc2C)c1. The Morgan fingerprint density at radius 1 is 1.19 bits per heavy atom. The van der Waals surface area contributed by atoms with Gasteiger partial charge in [-0.05, 0) is 44.0 Å². The van der Waals surface area contributed by atoms with E-state index in [0.29, 0.717) is 12.5 Å². The Balaban J connectivity index is 2.32. The van der Waals surface area contributed by atoms with Gasteiger partial charge in [-0.2, -0.15) is 0 Å². The third kappa shape index (κ3) is 4.05. The second-order valence-electron chi connectivity index (χ2n) is 6.04. The monoisotopic (exact) mass is 284 g/mol. The van der Waals surface area contributed by atoms with Crippen molar-refractivity contribution >= 4 is 0 Å². The molecule has 0 fully saturated rings. The van der Waals surface area contributed by atoms with Crippen molar-refractivity contribution < 1.29 is 0 Å². The molecule has 0 saturated carbocycles. The summed E-state index contributed by atoms with van der Waals surface area (Å²) in [6.07, 6.45) is 1.96. The molecule has 112 valence electrons. The van der Waals surface area contributed by atoms with Crippen molar-refractivity contribution in [1.29, 1.82) is 0 Å². The zero-order valence-corrected chi connectivity index (χ0v) is 13.3. The van der Waals surface area contributed by atoms with Crippen molar-refractivity contribution in [2.75, 3.05) is 6.54 Å². The van der Waals surface area contributed by atoms with E-state index >= 15 is 0 Å². The molecule has 0 atom stereocenters. The van der Waals surface area contributed by atoms with Crippen molar-refractivity contribution in [2.45, 2.75) is 34.2 Å². The number of aryl methyl sites for hydroxylation is 2. The van der Waals surface area contributed by atoms with E-state index in [-0.39, 0.29) is 5.43 Å². The second kappa shape index (κ2) is 6.72. The zero-order chi connectivity index (χ0) is 15.4. The van der Waals surface area contributed by atoms with Crippen LogP contribution in [0.15, 0.2) is 41.3 Å². The fraction of sp³-hybridized carbons (Fsp3) is 0.389. The predicted octanol–water partition coefficient (Wildman–Crippen LogP) is 3.20. The molecule has 1 aromatic heterocycles. The van der Waals surface area contributed by atoms with E-state index in [0.717, 1.165) is 23.5 Å². The summed E-state index contributed by atoms with van der Waals surface area (Å²) in [7, 11) is 0. The Hall–Kier alpha value is -1.87. The van der Waals surface area contributed by atoms with Crippen molar-refractivity contribution in [3.8, 4) is 5.69 Å². The number of hydrogen-bond donors (Lipinski definition) is 1. The average molecular weight is 284 g/mol. The van der Waals surface area contributed by atoms with Gasteiger partial charge in [0.15, 0.2) is 5.43 Å². The topological polar surface area (TPSA) is 34.0 Å². The fourth-order valence-electron chi connectivity index (χ4n) is 2.36. The third-order valence-corrected chi connectivity index (χ3v) is 3.47. The van der Waals surface area contributed by atoms with Crippen LogP contribution in [-0.2, 0) is 6.54 Å². The molecule has 2 aromatic rings. The number of benzene rings is 1. The highest BCUT2D eigenvalue weighted by Gasteiger charge is 2.06. The molecule has 1 N–H and O–H groups in total. The van der Waals surface area contributed by atoms with Gasteiger partial charge in [0.1, 0.15) is 0 Å². The first-order chi connectivity index (χ1) is 9.97. The van der Waals surface area contributed by atoms with Gasteiger partial charge in [-0.15, -0.1) is 0 Å². The molecule has 2 rings (SSSR count). The van der Waals surface area contributed by atoms with E-state index in [1.54, 1.807) is 6.07 Å². The Labute approximate surface area is 126 Å². The van der Waals surface area contributed by atoms with Crippen molar-refractivity contribution in [2.24, 2.45) is 5.92 Å². The van der Waals surface area contributed by atoms with Crippen LogP contribution < -0.4 is 10.7 Å². The lowest BCUT2D eigenvalue weighted by molar-refractivity contribution is 0.550. The minimum Gasteiger partial charge on any atom is -0.321 e. The van der Waals surface area contributed by atoms with Gasteiger partial charge >= 0.3 is 0 Å². The number of hydrogen-bond acceptors (Lipinski definition) is 2. The van der Waals surface area contributed by atoms with Gasteiger partial charge in [0.25, 0.3) is 0 Å². The maximum Gasteiger partial charge on any atom is 0.186 e. The molecule has 0 aliphatic heterocycles. The van der Waals surface area contributed by atoms with Crippen LogP contribution >= 0.6 is 0 Å². The molecular weight excluding hydrogens is 260 g/mol. The largest absolute Gasteiger partial charge is 0.321 e.